The second-order valence-corrected chi connectivity index (χ2v) is 7.17. The molecule has 0 fully saturated rings. The molecule has 1 atom stereocenters. The second-order valence-electron chi connectivity index (χ2n) is 7.17. The van der Waals surface area contributed by atoms with Crippen molar-refractivity contribution >= 4 is 35.5 Å². The van der Waals surface area contributed by atoms with E-state index in [0.717, 1.165) is 10.5 Å². The van der Waals surface area contributed by atoms with Crippen molar-refractivity contribution in [2.75, 3.05) is 17.2 Å². The molecule has 2 aliphatic rings. The number of hydrogen-bond donors (Lipinski definition) is 2. The van der Waals surface area contributed by atoms with E-state index in [1.807, 2.05) is 30.3 Å². The van der Waals surface area contributed by atoms with Gasteiger partial charge in [0.15, 0.2) is 0 Å². The second kappa shape index (κ2) is 7.17. The van der Waals surface area contributed by atoms with Crippen LogP contribution in [0.15, 0.2) is 54.6 Å². The number of fused-ring (bicyclic) bond motifs is 2. The summed E-state index contributed by atoms with van der Waals surface area (Å²) < 4.78 is 1.54. The van der Waals surface area contributed by atoms with E-state index in [9.17, 15) is 19.2 Å². The van der Waals surface area contributed by atoms with Gasteiger partial charge in [-0.05, 0) is 17.7 Å². The summed E-state index contributed by atoms with van der Waals surface area (Å²) in [6.07, 6.45) is 0.183. The average Bonchev–Trinajstić information content (AvgIpc) is 3.27. The van der Waals surface area contributed by atoms with Crippen LogP contribution < -0.4 is 10.6 Å². The predicted octanol–water partition coefficient (Wildman–Crippen LogP) is 1.44. The number of aromatic nitrogens is 3. The topological polar surface area (TPSA) is 126 Å². The third-order valence-electron chi connectivity index (χ3n) is 5.17. The lowest BCUT2D eigenvalue weighted by Gasteiger charge is -2.23. The minimum absolute atomic E-state index is 0.0280. The van der Waals surface area contributed by atoms with Crippen molar-refractivity contribution in [1.82, 2.24) is 19.7 Å². The lowest BCUT2D eigenvalue weighted by atomic mass is 10.0. The molecule has 10 heteroatoms. The molecule has 5 rings (SSSR count). The Labute approximate surface area is 175 Å². The Hall–Kier alpha value is -4.34. The van der Waals surface area contributed by atoms with Gasteiger partial charge in [0.1, 0.15) is 6.54 Å². The first-order valence-corrected chi connectivity index (χ1v) is 9.57. The highest BCUT2D eigenvalue weighted by atomic mass is 16.2. The fraction of sp³-hybridized carbons (Fsp3) is 0.143. The smallest absolute Gasteiger partial charge is 0.262 e. The first kappa shape index (κ1) is 18.7. The average molecular weight is 416 g/mol. The third kappa shape index (κ3) is 3.23. The quantitative estimate of drug-likeness (QED) is 0.620. The number of nitrogens with zero attached hydrogens (tertiary/aromatic N) is 4. The number of benzene rings is 2. The van der Waals surface area contributed by atoms with Gasteiger partial charge in [-0.25, -0.2) is 4.68 Å². The van der Waals surface area contributed by atoms with Gasteiger partial charge in [0.25, 0.3) is 17.8 Å². The molecule has 0 aliphatic carbocycles. The van der Waals surface area contributed by atoms with Crippen molar-refractivity contribution < 1.29 is 19.2 Å². The molecular formula is C21H16N6O4. The highest BCUT2D eigenvalue weighted by molar-refractivity contribution is 6.22. The molecule has 2 aromatic carbocycles. The van der Waals surface area contributed by atoms with E-state index in [4.69, 9.17) is 0 Å². The Morgan fingerprint density at radius 2 is 1.65 bits per heavy atom. The molecular weight excluding hydrogens is 400 g/mol. The molecule has 154 valence electrons. The van der Waals surface area contributed by atoms with Crippen molar-refractivity contribution in [2.24, 2.45) is 0 Å². The van der Waals surface area contributed by atoms with Crippen molar-refractivity contribution in [3.63, 3.8) is 0 Å². The zero-order chi connectivity index (χ0) is 21.5. The first-order chi connectivity index (χ1) is 15.0. The summed E-state index contributed by atoms with van der Waals surface area (Å²) >= 11 is 0. The van der Waals surface area contributed by atoms with Gasteiger partial charge >= 0.3 is 0 Å². The Morgan fingerprint density at radius 3 is 2.32 bits per heavy atom. The minimum atomic E-state index is -0.625. The predicted molar refractivity (Wildman–Crippen MR) is 108 cm³/mol. The van der Waals surface area contributed by atoms with E-state index in [2.05, 4.69) is 20.7 Å². The van der Waals surface area contributed by atoms with Crippen molar-refractivity contribution in [3.05, 3.63) is 71.3 Å². The van der Waals surface area contributed by atoms with Gasteiger partial charge in [-0.1, -0.05) is 42.5 Å². The van der Waals surface area contributed by atoms with Gasteiger partial charge in [-0.2, -0.15) is 4.98 Å². The summed E-state index contributed by atoms with van der Waals surface area (Å²) in [6, 6.07) is 15.4. The van der Waals surface area contributed by atoms with Gasteiger partial charge in [-0.15, -0.1) is 5.10 Å². The molecule has 0 bridgehead atoms. The molecule has 0 saturated heterocycles. The minimum Gasteiger partial charge on any atom is -0.295 e. The van der Waals surface area contributed by atoms with Crippen LogP contribution in [0.25, 0.3) is 0 Å². The maximum atomic E-state index is 12.5. The van der Waals surface area contributed by atoms with Crippen LogP contribution in [0.5, 0.6) is 0 Å². The van der Waals surface area contributed by atoms with Gasteiger partial charge < -0.3 is 0 Å². The summed E-state index contributed by atoms with van der Waals surface area (Å²) in [7, 11) is 0. The van der Waals surface area contributed by atoms with Crippen LogP contribution in [0.4, 0.5) is 11.9 Å². The fourth-order valence-corrected chi connectivity index (χ4v) is 3.74. The number of hydrogen-bond acceptors (Lipinski definition) is 6. The molecule has 0 radical (unpaired) electrons. The summed E-state index contributed by atoms with van der Waals surface area (Å²) in [5, 5.41) is 9.44. The van der Waals surface area contributed by atoms with Crippen LogP contribution >= 0.6 is 0 Å². The standard InChI is InChI=1S/C21H16N6O4/c28-16-10-15(12-6-2-1-3-7-12)27-21(23-16)24-20(25-27)22-17(29)11-26-18(30)13-8-4-5-9-14(13)19(26)31/h1-9,15H,10-11H2,(H2,22,23,24,25,28,29)/t15-/m1/s1. The Bertz CT molecular complexity index is 1200. The van der Waals surface area contributed by atoms with Crippen molar-refractivity contribution in [2.45, 2.75) is 12.5 Å². The van der Waals surface area contributed by atoms with Crippen LogP contribution in [-0.2, 0) is 9.59 Å². The third-order valence-corrected chi connectivity index (χ3v) is 5.17. The zero-order valence-electron chi connectivity index (χ0n) is 16.1. The number of carbonyl (C=O) groups excluding carboxylic acids is 4. The van der Waals surface area contributed by atoms with Gasteiger partial charge in [-0.3, -0.25) is 34.7 Å². The molecule has 3 aromatic rings. The molecule has 10 nitrogen and oxygen atoms in total. The largest absolute Gasteiger partial charge is 0.295 e. The lowest BCUT2D eigenvalue weighted by Crippen LogP contribution is -2.37. The lowest BCUT2D eigenvalue weighted by molar-refractivity contribution is -0.117. The number of imide groups is 1. The summed E-state index contributed by atoms with van der Waals surface area (Å²) in [4.78, 5) is 54.5. The number of anilines is 2. The first-order valence-electron chi connectivity index (χ1n) is 9.57. The molecule has 0 unspecified atom stereocenters. The molecule has 1 aromatic heterocycles. The van der Waals surface area contributed by atoms with Crippen LogP contribution in [0.2, 0.25) is 0 Å². The SMILES string of the molecule is O=C(CN1C(=O)c2ccccc2C1=O)Nc1nc2n(n1)[C@@H](c1ccccc1)CC(=O)N2. The van der Waals surface area contributed by atoms with Crippen molar-refractivity contribution in [3.8, 4) is 0 Å². The molecule has 2 N–H and O–H groups in total. The van der Waals surface area contributed by atoms with E-state index in [1.165, 1.54) is 4.68 Å². The van der Waals surface area contributed by atoms with Crippen LogP contribution in [0.1, 0.15) is 38.7 Å². The van der Waals surface area contributed by atoms with Crippen LogP contribution in [-0.4, -0.2) is 49.8 Å². The maximum absolute atomic E-state index is 12.5. The molecule has 3 heterocycles. The summed E-state index contributed by atoms with van der Waals surface area (Å²) in [5.41, 5.74) is 1.42. The highest BCUT2D eigenvalue weighted by Crippen LogP contribution is 2.29. The normalized spacial score (nSPS) is 17.2. The Kier molecular flexibility index (Phi) is 4.32. The Morgan fingerprint density at radius 1 is 1.00 bits per heavy atom. The molecule has 0 saturated carbocycles. The van der Waals surface area contributed by atoms with Crippen molar-refractivity contribution in [1.29, 1.82) is 0 Å². The van der Waals surface area contributed by atoms with E-state index in [1.54, 1.807) is 24.3 Å². The van der Waals surface area contributed by atoms with Gasteiger partial charge in [0.05, 0.1) is 23.6 Å². The van der Waals surface area contributed by atoms with E-state index >= 15 is 0 Å². The maximum Gasteiger partial charge on any atom is 0.262 e. The fourth-order valence-electron chi connectivity index (χ4n) is 3.74. The van der Waals surface area contributed by atoms with E-state index < -0.39 is 24.3 Å². The van der Waals surface area contributed by atoms with E-state index in [0.29, 0.717) is 0 Å². The summed E-state index contributed by atoms with van der Waals surface area (Å²) in [5.74, 6) is -1.70. The molecule has 0 spiro atoms. The number of carbonyl (C=O) groups is 4. The molecule has 4 amide bonds. The molecule has 2 aliphatic heterocycles. The summed E-state index contributed by atoms with van der Waals surface area (Å²) in [6.45, 7) is -0.468. The highest BCUT2D eigenvalue weighted by Gasteiger charge is 2.36. The van der Waals surface area contributed by atoms with Crippen LogP contribution in [0.3, 0.4) is 0 Å². The Balaban J connectivity index is 1.34. The van der Waals surface area contributed by atoms with Gasteiger partial charge in [0, 0.05) is 0 Å². The number of amides is 4. The number of nitrogens with one attached hydrogen (secondary N) is 2. The monoisotopic (exact) mass is 416 g/mol. The molecule has 31 heavy (non-hydrogen) atoms. The number of rotatable bonds is 4. The van der Waals surface area contributed by atoms with Crippen LogP contribution in [0, 0.1) is 0 Å². The van der Waals surface area contributed by atoms with E-state index in [-0.39, 0.29) is 41.4 Å². The van der Waals surface area contributed by atoms with Gasteiger partial charge in [0.2, 0.25) is 17.8 Å². The zero-order valence-corrected chi connectivity index (χ0v) is 16.1.